The molecule has 2 amide bonds. The largest absolute Gasteiger partial charge is 0.479 e. The minimum atomic E-state index is -4.98. The van der Waals surface area contributed by atoms with E-state index in [1.807, 2.05) is 22.6 Å². The maximum absolute atomic E-state index is 14.5. The van der Waals surface area contributed by atoms with E-state index in [-0.39, 0.29) is 22.4 Å². The van der Waals surface area contributed by atoms with Gasteiger partial charge >= 0.3 is 12.1 Å². The number of anilines is 1. The predicted molar refractivity (Wildman–Crippen MR) is 125 cm³/mol. The first-order valence-corrected chi connectivity index (χ1v) is 11.1. The molecule has 180 valence electrons. The number of nitrogens with zero attached hydrogens (tertiary/aromatic N) is 1. The number of hydrogen-bond acceptors (Lipinski definition) is 3. The maximum Gasteiger partial charge on any atom is 0.419 e. The van der Waals surface area contributed by atoms with Crippen molar-refractivity contribution in [3.05, 3.63) is 98.4 Å². The standard InChI is InChI=1S/C24H15F4IN2O4/c25-17-10-13(6-8-16(17)24(26,27)28)19-21(32)30-18-9-7-14(29)11-15(18)22(33)31(19)20(23(34)35)12-4-2-1-3-5-12/h1-11,19-20H,(H,30,32)(H,34,35). The van der Waals surface area contributed by atoms with E-state index < -0.39 is 47.4 Å². The predicted octanol–water partition coefficient (Wildman–Crippen LogP) is 5.41. The summed E-state index contributed by atoms with van der Waals surface area (Å²) in [7, 11) is 0. The number of aliphatic carboxylic acids is 1. The lowest BCUT2D eigenvalue weighted by Gasteiger charge is -2.34. The molecule has 2 unspecified atom stereocenters. The van der Waals surface area contributed by atoms with Crippen molar-refractivity contribution < 1.29 is 37.1 Å². The van der Waals surface area contributed by atoms with Gasteiger partial charge in [-0.3, -0.25) is 9.59 Å². The van der Waals surface area contributed by atoms with Gasteiger partial charge in [0.25, 0.3) is 11.8 Å². The summed E-state index contributed by atoms with van der Waals surface area (Å²) >= 11 is 1.94. The van der Waals surface area contributed by atoms with Gasteiger partial charge < -0.3 is 15.3 Å². The summed E-state index contributed by atoms with van der Waals surface area (Å²) in [6.45, 7) is 0. The Labute approximate surface area is 209 Å². The second-order valence-electron chi connectivity index (χ2n) is 7.68. The molecule has 11 heteroatoms. The lowest BCUT2D eigenvalue weighted by atomic mass is 9.96. The zero-order valence-electron chi connectivity index (χ0n) is 17.5. The summed E-state index contributed by atoms with van der Waals surface area (Å²) in [4.78, 5) is 40.3. The van der Waals surface area contributed by atoms with Crippen LogP contribution in [0.2, 0.25) is 0 Å². The van der Waals surface area contributed by atoms with Crippen LogP contribution in [0.3, 0.4) is 0 Å². The molecule has 35 heavy (non-hydrogen) atoms. The third kappa shape index (κ3) is 4.72. The van der Waals surface area contributed by atoms with Crippen molar-refractivity contribution in [2.75, 3.05) is 5.32 Å². The summed E-state index contributed by atoms with van der Waals surface area (Å²) in [6, 6.07) is 10.5. The van der Waals surface area contributed by atoms with Crippen molar-refractivity contribution in [1.82, 2.24) is 4.90 Å². The molecular formula is C24H15F4IN2O4. The number of nitrogens with one attached hydrogen (secondary N) is 1. The number of carbonyl (C=O) groups is 3. The molecule has 1 aliphatic heterocycles. The SMILES string of the molecule is O=C(O)C(c1ccccc1)N1C(=O)c2cc(I)ccc2NC(=O)C1c1ccc(C(F)(F)F)c(F)c1. The topological polar surface area (TPSA) is 86.7 Å². The lowest BCUT2D eigenvalue weighted by Crippen LogP contribution is -2.44. The molecule has 6 nitrogen and oxygen atoms in total. The van der Waals surface area contributed by atoms with E-state index in [1.165, 1.54) is 36.4 Å². The zero-order valence-corrected chi connectivity index (χ0v) is 19.7. The molecule has 0 fully saturated rings. The van der Waals surface area contributed by atoms with Crippen LogP contribution in [0, 0.1) is 9.39 Å². The fraction of sp³-hybridized carbons (Fsp3) is 0.125. The molecule has 0 saturated carbocycles. The van der Waals surface area contributed by atoms with Gasteiger partial charge in [0, 0.05) is 3.57 Å². The van der Waals surface area contributed by atoms with Crippen molar-refractivity contribution in [2.45, 2.75) is 18.3 Å². The molecule has 0 spiro atoms. The number of carboxylic acid groups (broad SMARTS) is 1. The Morgan fingerprint density at radius 1 is 1.03 bits per heavy atom. The Kier molecular flexibility index (Phi) is 6.54. The van der Waals surface area contributed by atoms with Gasteiger partial charge in [-0.05, 0) is 64.0 Å². The molecule has 2 atom stereocenters. The highest BCUT2D eigenvalue weighted by atomic mass is 127. The van der Waals surface area contributed by atoms with Crippen LogP contribution in [0.1, 0.15) is 39.1 Å². The summed E-state index contributed by atoms with van der Waals surface area (Å²) < 4.78 is 54.4. The lowest BCUT2D eigenvalue weighted by molar-refractivity contribution is -0.144. The smallest absolute Gasteiger partial charge is 0.419 e. The first-order valence-electron chi connectivity index (χ1n) is 10.1. The van der Waals surface area contributed by atoms with Gasteiger partial charge in [0.15, 0.2) is 6.04 Å². The molecule has 0 radical (unpaired) electrons. The molecule has 4 rings (SSSR count). The van der Waals surface area contributed by atoms with E-state index >= 15 is 0 Å². The Bertz CT molecular complexity index is 1330. The van der Waals surface area contributed by atoms with Crippen LogP contribution in [-0.4, -0.2) is 27.8 Å². The van der Waals surface area contributed by atoms with E-state index in [9.17, 15) is 37.1 Å². The number of amides is 2. The van der Waals surface area contributed by atoms with Crippen molar-refractivity contribution in [2.24, 2.45) is 0 Å². The van der Waals surface area contributed by atoms with E-state index in [0.29, 0.717) is 15.7 Å². The normalized spacial score (nSPS) is 16.8. The minimum absolute atomic E-state index is 0.0117. The summed E-state index contributed by atoms with van der Waals surface area (Å²) in [5, 5.41) is 12.6. The Morgan fingerprint density at radius 3 is 2.31 bits per heavy atom. The zero-order chi connectivity index (χ0) is 25.5. The molecule has 0 saturated heterocycles. The molecule has 0 bridgehead atoms. The molecule has 0 aromatic heterocycles. The number of benzene rings is 3. The van der Waals surface area contributed by atoms with Crippen molar-refractivity contribution >= 4 is 46.1 Å². The monoisotopic (exact) mass is 598 g/mol. The van der Waals surface area contributed by atoms with Crippen LogP contribution in [-0.2, 0) is 15.8 Å². The van der Waals surface area contributed by atoms with E-state index in [2.05, 4.69) is 5.32 Å². The van der Waals surface area contributed by atoms with Crippen molar-refractivity contribution in [1.29, 1.82) is 0 Å². The Balaban J connectivity index is 1.96. The fourth-order valence-corrected chi connectivity index (χ4v) is 4.44. The molecule has 0 aliphatic carbocycles. The second kappa shape index (κ2) is 9.29. The highest BCUT2D eigenvalue weighted by Crippen LogP contribution is 2.39. The Morgan fingerprint density at radius 2 is 1.71 bits per heavy atom. The third-order valence-electron chi connectivity index (χ3n) is 5.47. The number of alkyl halides is 3. The summed E-state index contributed by atoms with van der Waals surface area (Å²) in [5.74, 6) is -4.90. The van der Waals surface area contributed by atoms with Crippen LogP contribution in [0.25, 0.3) is 0 Å². The van der Waals surface area contributed by atoms with Gasteiger partial charge in [0.05, 0.1) is 16.8 Å². The van der Waals surface area contributed by atoms with Crippen LogP contribution >= 0.6 is 22.6 Å². The molecule has 3 aromatic rings. The average molecular weight is 598 g/mol. The van der Waals surface area contributed by atoms with Crippen LogP contribution in [0.4, 0.5) is 23.2 Å². The van der Waals surface area contributed by atoms with E-state index in [0.717, 1.165) is 11.0 Å². The average Bonchev–Trinajstić information content (AvgIpc) is 2.88. The molecular weight excluding hydrogens is 583 g/mol. The Hall–Kier alpha value is -3.48. The number of fused-ring (bicyclic) bond motifs is 1. The van der Waals surface area contributed by atoms with Gasteiger partial charge in [-0.1, -0.05) is 36.4 Å². The summed E-state index contributed by atoms with van der Waals surface area (Å²) in [6.07, 6.45) is -4.98. The van der Waals surface area contributed by atoms with Crippen LogP contribution < -0.4 is 5.32 Å². The van der Waals surface area contributed by atoms with Gasteiger partial charge in [-0.2, -0.15) is 13.2 Å². The van der Waals surface area contributed by atoms with Gasteiger partial charge in [-0.15, -0.1) is 0 Å². The molecule has 1 heterocycles. The third-order valence-corrected chi connectivity index (χ3v) is 6.14. The number of hydrogen-bond donors (Lipinski definition) is 2. The van der Waals surface area contributed by atoms with Gasteiger partial charge in [0.2, 0.25) is 0 Å². The summed E-state index contributed by atoms with van der Waals surface area (Å²) in [5.41, 5.74) is -1.64. The minimum Gasteiger partial charge on any atom is -0.479 e. The maximum atomic E-state index is 14.5. The van der Waals surface area contributed by atoms with Crippen LogP contribution in [0.15, 0.2) is 66.7 Å². The number of rotatable bonds is 4. The molecule has 2 N–H and O–H groups in total. The van der Waals surface area contributed by atoms with E-state index in [1.54, 1.807) is 12.1 Å². The first kappa shape index (κ1) is 24.6. The van der Waals surface area contributed by atoms with Crippen molar-refractivity contribution in [3.8, 4) is 0 Å². The van der Waals surface area contributed by atoms with Crippen LogP contribution in [0.5, 0.6) is 0 Å². The van der Waals surface area contributed by atoms with Gasteiger partial charge in [0.1, 0.15) is 11.9 Å². The number of carbonyl (C=O) groups excluding carboxylic acids is 2. The quantitative estimate of drug-likeness (QED) is 0.311. The fourth-order valence-electron chi connectivity index (χ4n) is 3.95. The highest BCUT2D eigenvalue weighted by Gasteiger charge is 2.44. The molecule has 1 aliphatic rings. The highest BCUT2D eigenvalue weighted by molar-refractivity contribution is 14.1. The van der Waals surface area contributed by atoms with Crippen molar-refractivity contribution in [3.63, 3.8) is 0 Å². The first-order chi connectivity index (χ1) is 16.5. The molecule has 3 aromatic carbocycles. The van der Waals surface area contributed by atoms with E-state index in [4.69, 9.17) is 0 Å². The number of carboxylic acids is 1. The van der Waals surface area contributed by atoms with Gasteiger partial charge in [-0.25, -0.2) is 9.18 Å². The second-order valence-corrected chi connectivity index (χ2v) is 8.93. The number of halogens is 5.